The van der Waals surface area contributed by atoms with Gasteiger partial charge in [0, 0.05) is 25.1 Å². The second-order valence-electron chi connectivity index (χ2n) is 3.88. The summed E-state index contributed by atoms with van der Waals surface area (Å²) in [7, 11) is -3.91. The summed E-state index contributed by atoms with van der Waals surface area (Å²) in [4.78, 5) is 9.13. The summed E-state index contributed by atoms with van der Waals surface area (Å²) in [5.41, 5.74) is -0.780. The van der Waals surface area contributed by atoms with Crippen molar-refractivity contribution in [3.05, 3.63) is 34.1 Å². The molecule has 0 unspecified atom stereocenters. The van der Waals surface area contributed by atoms with Gasteiger partial charge < -0.3 is 0 Å². The zero-order valence-corrected chi connectivity index (χ0v) is 11.2. The molecule has 0 fully saturated rings. The number of benzene rings is 1. The van der Waals surface area contributed by atoms with E-state index in [1.807, 2.05) is 6.07 Å². The number of hydrogen-bond donors (Lipinski definition) is 1. The van der Waals surface area contributed by atoms with E-state index < -0.39 is 26.5 Å². The van der Waals surface area contributed by atoms with E-state index in [2.05, 4.69) is 4.72 Å². The van der Waals surface area contributed by atoms with E-state index in [0.29, 0.717) is 25.3 Å². The lowest BCUT2D eigenvalue weighted by molar-refractivity contribution is -0.387. The fraction of sp³-hybridized carbons (Fsp3) is 0.364. The highest BCUT2D eigenvalue weighted by Crippen LogP contribution is 2.20. The van der Waals surface area contributed by atoms with E-state index in [9.17, 15) is 22.9 Å². The van der Waals surface area contributed by atoms with E-state index in [1.54, 1.807) is 0 Å². The van der Waals surface area contributed by atoms with Crippen molar-refractivity contribution in [3.8, 4) is 6.07 Å². The number of sulfonamides is 1. The molecule has 0 aliphatic carbocycles. The Kier molecular flexibility index (Phi) is 5.54. The number of nitro benzene ring substituents is 1. The maximum atomic E-state index is 13.4. The summed E-state index contributed by atoms with van der Waals surface area (Å²) in [6.45, 7) is 0.114. The summed E-state index contributed by atoms with van der Waals surface area (Å²) in [5.74, 6) is -1.21. The van der Waals surface area contributed by atoms with E-state index >= 15 is 0 Å². The normalized spacial score (nSPS) is 11.0. The van der Waals surface area contributed by atoms with Crippen LogP contribution in [0, 0.1) is 27.3 Å². The van der Waals surface area contributed by atoms with Crippen LogP contribution in [0.2, 0.25) is 0 Å². The summed E-state index contributed by atoms with van der Waals surface area (Å²) < 4.78 is 39.2. The molecule has 0 saturated carbocycles. The molecule has 0 amide bonds. The number of nitrogens with one attached hydrogen (secondary N) is 1. The van der Waals surface area contributed by atoms with Gasteiger partial charge in [-0.05, 0) is 18.9 Å². The quantitative estimate of drug-likeness (QED) is 0.468. The van der Waals surface area contributed by atoms with Crippen LogP contribution >= 0.6 is 0 Å². The van der Waals surface area contributed by atoms with Gasteiger partial charge in [0.2, 0.25) is 15.8 Å². The maximum absolute atomic E-state index is 13.4. The molecule has 1 aromatic rings. The zero-order chi connectivity index (χ0) is 15.2. The van der Waals surface area contributed by atoms with Crippen molar-refractivity contribution < 1.29 is 17.7 Å². The van der Waals surface area contributed by atoms with Crippen LogP contribution in [0.15, 0.2) is 23.1 Å². The Bertz CT molecular complexity index is 640. The van der Waals surface area contributed by atoms with E-state index in [-0.39, 0.29) is 11.4 Å². The molecule has 7 nitrogen and oxygen atoms in total. The van der Waals surface area contributed by atoms with Crippen LogP contribution in [0.4, 0.5) is 10.1 Å². The molecule has 0 saturated heterocycles. The Balaban J connectivity index is 2.76. The molecular formula is C11H12FN3O4S. The molecule has 9 heteroatoms. The lowest BCUT2D eigenvalue weighted by Crippen LogP contribution is -2.24. The first-order valence-corrected chi connectivity index (χ1v) is 7.17. The highest BCUT2D eigenvalue weighted by Gasteiger charge is 2.20. The van der Waals surface area contributed by atoms with Gasteiger partial charge in [-0.25, -0.2) is 13.1 Å². The van der Waals surface area contributed by atoms with Crippen molar-refractivity contribution in [3.63, 3.8) is 0 Å². The monoisotopic (exact) mass is 301 g/mol. The van der Waals surface area contributed by atoms with Crippen molar-refractivity contribution in [2.24, 2.45) is 0 Å². The average Bonchev–Trinajstić information content (AvgIpc) is 2.37. The molecule has 0 spiro atoms. The predicted octanol–water partition coefficient (Wildman–Crippen LogP) is 1.71. The van der Waals surface area contributed by atoms with Crippen molar-refractivity contribution in [1.82, 2.24) is 4.72 Å². The molecule has 0 aliphatic heterocycles. The van der Waals surface area contributed by atoms with Crippen LogP contribution in [0.5, 0.6) is 0 Å². The topological polar surface area (TPSA) is 113 Å². The Morgan fingerprint density at radius 3 is 2.65 bits per heavy atom. The number of hydrogen-bond acceptors (Lipinski definition) is 5. The first-order chi connectivity index (χ1) is 9.38. The second kappa shape index (κ2) is 6.93. The molecule has 0 aromatic heterocycles. The van der Waals surface area contributed by atoms with Gasteiger partial charge >= 0.3 is 5.69 Å². The fourth-order valence-corrected chi connectivity index (χ4v) is 2.51. The molecule has 0 atom stereocenters. The number of nitrogens with zero attached hydrogens (tertiary/aromatic N) is 2. The van der Waals surface area contributed by atoms with Gasteiger partial charge in [-0.1, -0.05) is 0 Å². The lowest BCUT2D eigenvalue weighted by Gasteiger charge is -2.06. The van der Waals surface area contributed by atoms with Crippen molar-refractivity contribution in [2.75, 3.05) is 6.54 Å². The van der Waals surface area contributed by atoms with Gasteiger partial charge in [-0.15, -0.1) is 0 Å². The summed E-state index contributed by atoms with van der Waals surface area (Å²) >= 11 is 0. The van der Waals surface area contributed by atoms with Gasteiger partial charge in [-0.3, -0.25) is 10.1 Å². The van der Waals surface area contributed by atoms with Crippen LogP contribution in [0.3, 0.4) is 0 Å². The highest BCUT2D eigenvalue weighted by molar-refractivity contribution is 7.89. The van der Waals surface area contributed by atoms with E-state index in [4.69, 9.17) is 5.26 Å². The Labute approximate surface area is 115 Å². The molecule has 1 rings (SSSR count). The van der Waals surface area contributed by atoms with Crippen molar-refractivity contribution in [2.45, 2.75) is 24.2 Å². The van der Waals surface area contributed by atoms with Gasteiger partial charge in [-0.2, -0.15) is 9.65 Å². The molecule has 0 heterocycles. The largest absolute Gasteiger partial charge is 0.304 e. The minimum Gasteiger partial charge on any atom is -0.258 e. The summed E-state index contributed by atoms with van der Waals surface area (Å²) in [5, 5.41) is 18.7. The smallest absolute Gasteiger partial charge is 0.258 e. The minimum absolute atomic E-state index is 0.114. The Morgan fingerprint density at radius 2 is 2.10 bits per heavy atom. The van der Waals surface area contributed by atoms with Crippen LogP contribution in [0.1, 0.15) is 19.3 Å². The van der Waals surface area contributed by atoms with E-state index in [0.717, 1.165) is 12.1 Å². The molecule has 1 aromatic carbocycles. The molecule has 0 bridgehead atoms. The minimum atomic E-state index is -3.91. The first-order valence-electron chi connectivity index (χ1n) is 5.69. The first kappa shape index (κ1) is 16.0. The number of unbranched alkanes of at least 4 members (excludes halogenated alkanes) is 2. The molecule has 108 valence electrons. The van der Waals surface area contributed by atoms with Crippen molar-refractivity contribution >= 4 is 15.7 Å². The van der Waals surface area contributed by atoms with E-state index in [1.165, 1.54) is 0 Å². The highest BCUT2D eigenvalue weighted by atomic mass is 32.2. The van der Waals surface area contributed by atoms with Crippen LogP contribution in [-0.2, 0) is 10.0 Å². The van der Waals surface area contributed by atoms with Crippen molar-refractivity contribution in [1.29, 1.82) is 5.26 Å². The number of rotatable bonds is 7. The standard InChI is InChI=1S/C11H12FN3O4S/c12-10-8-9(4-5-11(10)15(16)17)20(18,19)14-7-3-1-2-6-13/h4-5,8,14H,1-3,7H2. The molecule has 20 heavy (non-hydrogen) atoms. The third-order valence-electron chi connectivity index (χ3n) is 2.43. The SMILES string of the molecule is N#CCCCCNS(=O)(=O)c1ccc([N+](=O)[O-])c(F)c1. The molecule has 1 N–H and O–H groups in total. The van der Waals surface area contributed by atoms with Gasteiger partial charge in [0.05, 0.1) is 15.9 Å². The third-order valence-corrected chi connectivity index (χ3v) is 3.89. The van der Waals surface area contributed by atoms with Gasteiger partial charge in [0.15, 0.2) is 0 Å². The summed E-state index contributed by atoms with van der Waals surface area (Å²) in [6, 6.07) is 4.31. The van der Waals surface area contributed by atoms with Gasteiger partial charge in [0.1, 0.15) is 0 Å². The predicted molar refractivity (Wildman–Crippen MR) is 67.7 cm³/mol. The lowest BCUT2D eigenvalue weighted by atomic mass is 10.2. The molecular weight excluding hydrogens is 289 g/mol. The number of nitro groups is 1. The van der Waals surface area contributed by atoms with Crippen LogP contribution < -0.4 is 4.72 Å². The second-order valence-corrected chi connectivity index (χ2v) is 5.65. The third kappa shape index (κ3) is 4.25. The van der Waals surface area contributed by atoms with Crippen LogP contribution in [0.25, 0.3) is 0 Å². The Hall–Kier alpha value is -2.05. The zero-order valence-electron chi connectivity index (χ0n) is 10.4. The van der Waals surface area contributed by atoms with Crippen LogP contribution in [-0.4, -0.2) is 19.9 Å². The fourth-order valence-electron chi connectivity index (χ4n) is 1.42. The maximum Gasteiger partial charge on any atom is 0.304 e. The molecule has 0 aliphatic rings. The number of nitriles is 1. The van der Waals surface area contributed by atoms with Gasteiger partial charge in [0.25, 0.3) is 0 Å². The number of halogens is 1. The molecule has 0 radical (unpaired) electrons. The Morgan fingerprint density at radius 1 is 1.40 bits per heavy atom. The average molecular weight is 301 g/mol. The summed E-state index contributed by atoms with van der Waals surface area (Å²) in [6.07, 6.45) is 1.35.